The van der Waals surface area contributed by atoms with Gasteiger partial charge in [0, 0.05) is 30.7 Å². The van der Waals surface area contributed by atoms with Crippen LogP contribution in [0.25, 0.3) is 17.0 Å². The molecule has 0 fully saturated rings. The van der Waals surface area contributed by atoms with Gasteiger partial charge in [0.1, 0.15) is 0 Å². The molecule has 0 radical (unpaired) electrons. The molecular weight excluding hydrogens is 286 g/mol. The fourth-order valence-electron chi connectivity index (χ4n) is 2.15. The number of hydrogen-bond donors (Lipinski definition) is 4. The van der Waals surface area contributed by atoms with E-state index in [0.717, 1.165) is 22.0 Å². The van der Waals surface area contributed by atoms with E-state index in [9.17, 15) is 0 Å². The molecule has 2 aromatic rings. The maximum absolute atomic E-state index is 8.03. The van der Waals surface area contributed by atoms with Gasteiger partial charge in [-0.25, -0.2) is 0 Å². The van der Waals surface area contributed by atoms with Crippen molar-refractivity contribution < 1.29 is 10.7 Å². The standard InChI is InChI=1S/C18H19N5/c1-3-13-8-15-9-14(5-6-16(15)22-11-13)10-18(21)23-17(20)7-4-12(2)19/h3-9,11,19H,1,10H2,2H3,(H3,20,21,23)/p+2. The number of nitrogens with one attached hydrogen (secondary N) is 2. The molecule has 0 spiro atoms. The zero-order chi connectivity index (χ0) is 16.8. The zero-order valence-electron chi connectivity index (χ0n) is 13.1. The molecule has 2 rings (SSSR count). The maximum Gasteiger partial charge on any atom is 0.223 e. The van der Waals surface area contributed by atoms with Crippen molar-refractivity contribution in [3.05, 3.63) is 60.3 Å². The van der Waals surface area contributed by atoms with E-state index < -0.39 is 0 Å². The van der Waals surface area contributed by atoms with Crippen LogP contribution < -0.4 is 10.7 Å². The zero-order valence-corrected chi connectivity index (χ0v) is 13.1. The van der Waals surface area contributed by atoms with Crippen LogP contribution in [-0.4, -0.2) is 22.4 Å². The smallest absolute Gasteiger partial charge is 0.223 e. The minimum absolute atomic E-state index is 0.260. The summed E-state index contributed by atoms with van der Waals surface area (Å²) in [6.45, 7) is 5.51. The van der Waals surface area contributed by atoms with Crippen molar-refractivity contribution in [2.75, 3.05) is 0 Å². The number of nitrogens with two attached hydrogens (primary N) is 2. The lowest BCUT2D eigenvalue weighted by molar-refractivity contribution is -0.411. The number of nitrogens with zero attached hydrogens (tertiary/aromatic N) is 1. The van der Waals surface area contributed by atoms with E-state index in [4.69, 9.17) is 16.2 Å². The lowest BCUT2D eigenvalue weighted by Gasteiger charge is -2.04. The van der Waals surface area contributed by atoms with E-state index in [1.165, 1.54) is 5.32 Å². The Morgan fingerprint density at radius 3 is 2.78 bits per heavy atom. The molecule has 0 aliphatic heterocycles. The molecule has 0 amide bonds. The van der Waals surface area contributed by atoms with Crippen molar-refractivity contribution in [2.24, 2.45) is 0 Å². The van der Waals surface area contributed by atoms with Gasteiger partial charge in [-0.3, -0.25) is 26.5 Å². The van der Waals surface area contributed by atoms with Gasteiger partial charge in [0.2, 0.25) is 11.7 Å². The molecule has 0 bridgehead atoms. The Bertz CT molecular complexity index is 817. The highest BCUT2D eigenvalue weighted by atomic mass is 15.0. The Morgan fingerprint density at radius 1 is 1.30 bits per heavy atom. The lowest BCUT2D eigenvalue weighted by Crippen LogP contribution is -2.91. The van der Waals surface area contributed by atoms with Gasteiger partial charge in [-0.15, -0.1) is 0 Å². The molecule has 1 aromatic heterocycles. The van der Waals surface area contributed by atoms with Crippen molar-refractivity contribution >= 4 is 34.4 Å². The predicted octanol–water partition coefficient (Wildman–Crippen LogP) is 0.714. The number of benzene rings is 1. The van der Waals surface area contributed by atoms with Crippen LogP contribution in [0.2, 0.25) is 0 Å². The number of fused-ring (bicyclic) bond motifs is 1. The van der Waals surface area contributed by atoms with Crippen LogP contribution in [0.1, 0.15) is 18.1 Å². The highest BCUT2D eigenvalue weighted by molar-refractivity contribution is 5.96. The fourth-order valence-corrected chi connectivity index (χ4v) is 2.15. The van der Waals surface area contributed by atoms with E-state index in [1.807, 2.05) is 24.3 Å². The Morgan fingerprint density at radius 2 is 2.09 bits per heavy atom. The molecule has 23 heavy (non-hydrogen) atoms. The number of hydrogen-bond acceptors (Lipinski definition) is 3. The first-order chi connectivity index (χ1) is 11.0. The fraction of sp³-hybridized carbons (Fsp3) is 0.111. The van der Waals surface area contributed by atoms with E-state index in [0.29, 0.717) is 18.0 Å². The SMILES string of the molecule is C=Cc1cnc2ccc(CC(=N)[NH2+]C(=N)C=CC(C)=[NH2+])cc2c1. The molecular formula is C18H21N5+2. The number of rotatable bonds is 5. The Kier molecular flexibility index (Phi) is 5.28. The van der Waals surface area contributed by atoms with E-state index in [2.05, 4.69) is 11.6 Å². The lowest BCUT2D eigenvalue weighted by atomic mass is 10.1. The van der Waals surface area contributed by atoms with E-state index >= 15 is 0 Å². The Hall–Kier alpha value is -2.92. The number of pyridine rings is 1. The van der Waals surface area contributed by atoms with E-state index in [-0.39, 0.29) is 5.84 Å². The van der Waals surface area contributed by atoms with Crippen molar-refractivity contribution in [3.8, 4) is 0 Å². The van der Waals surface area contributed by atoms with Crippen LogP contribution in [0.3, 0.4) is 0 Å². The Labute approximate surface area is 135 Å². The molecule has 0 saturated carbocycles. The van der Waals surface area contributed by atoms with Crippen LogP contribution >= 0.6 is 0 Å². The second-order valence-corrected chi connectivity index (χ2v) is 5.38. The van der Waals surface area contributed by atoms with Gasteiger partial charge in [0.15, 0.2) is 5.71 Å². The first-order valence-electron chi connectivity index (χ1n) is 7.27. The first kappa shape index (κ1) is 16.5. The van der Waals surface area contributed by atoms with Crippen molar-refractivity contribution in [1.82, 2.24) is 4.98 Å². The molecule has 0 saturated heterocycles. The van der Waals surface area contributed by atoms with Gasteiger partial charge >= 0.3 is 0 Å². The number of amidine groups is 2. The highest BCUT2D eigenvalue weighted by Gasteiger charge is 2.07. The second-order valence-electron chi connectivity index (χ2n) is 5.38. The third-order valence-corrected chi connectivity index (χ3v) is 3.25. The summed E-state index contributed by atoms with van der Waals surface area (Å²) in [7, 11) is 0. The summed E-state index contributed by atoms with van der Waals surface area (Å²) < 4.78 is 0. The molecule has 0 aliphatic carbocycles. The van der Waals surface area contributed by atoms with Crippen LogP contribution in [0, 0.1) is 10.8 Å². The minimum atomic E-state index is 0.260. The summed E-state index contributed by atoms with van der Waals surface area (Å²) in [5, 5.41) is 23.9. The average molecular weight is 307 g/mol. The third-order valence-electron chi connectivity index (χ3n) is 3.25. The molecule has 0 aliphatic rings. The number of aromatic nitrogens is 1. The second kappa shape index (κ2) is 7.38. The Balaban J connectivity index is 2.08. The quantitative estimate of drug-likeness (QED) is 0.474. The third kappa shape index (κ3) is 4.79. The molecule has 1 aromatic carbocycles. The monoisotopic (exact) mass is 307 g/mol. The summed E-state index contributed by atoms with van der Waals surface area (Å²) in [5.74, 6) is 0.637. The molecule has 5 heteroatoms. The van der Waals surface area contributed by atoms with Gasteiger partial charge < -0.3 is 0 Å². The van der Waals surface area contributed by atoms with Crippen LogP contribution in [0.5, 0.6) is 0 Å². The van der Waals surface area contributed by atoms with Gasteiger partial charge in [0.25, 0.3) is 0 Å². The molecule has 6 N–H and O–H groups in total. The minimum Gasteiger partial charge on any atom is -0.258 e. The molecule has 116 valence electrons. The molecule has 0 unspecified atom stereocenters. The summed E-state index contributed by atoms with van der Waals surface area (Å²) in [6.07, 6.45) is 7.26. The maximum atomic E-state index is 8.03. The largest absolute Gasteiger partial charge is 0.258 e. The van der Waals surface area contributed by atoms with Crippen molar-refractivity contribution in [1.29, 1.82) is 10.8 Å². The van der Waals surface area contributed by atoms with Gasteiger partial charge in [-0.2, -0.15) is 0 Å². The first-order valence-corrected chi connectivity index (χ1v) is 7.27. The summed E-state index contributed by atoms with van der Waals surface area (Å²) in [5.41, 5.74) is 3.53. The highest BCUT2D eigenvalue weighted by Crippen LogP contribution is 2.16. The van der Waals surface area contributed by atoms with Crippen LogP contribution in [0.4, 0.5) is 0 Å². The summed E-state index contributed by atoms with van der Waals surface area (Å²) in [4.78, 5) is 4.37. The number of allylic oxidation sites excluding steroid dienone is 1. The van der Waals surface area contributed by atoms with Crippen molar-refractivity contribution in [3.63, 3.8) is 0 Å². The average Bonchev–Trinajstić information content (AvgIpc) is 2.52. The van der Waals surface area contributed by atoms with Crippen LogP contribution in [0.15, 0.2) is 49.2 Å². The van der Waals surface area contributed by atoms with Crippen LogP contribution in [-0.2, 0) is 6.42 Å². The molecule has 5 nitrogen and oxygen atoms in total. The summed E-state index contributed by atoms with van der Waals surface area (Å²) >= 11 is 0. The topological polar surface area (TPSA) is 103 Å². The molecule has 0 atom stereocenters. The van der Waals surface area contributed by atoms with Crippen molar-refractivity contribution in [2.45, 2.75) is 13.3 Å². The predicted molar refractivity (Wildman–Crippen MR) is 94.7 cm³/mol. The van der Waals surface area contributed by atoms with Gasteiger partial charge in [0.05, 0.1) is 11.9 Å². The van der Waals surface area contributed by atoms with E-state index in [1.54, 1.807) is 31.3 Å². The van der Waals surface area contributed by atoms with Gasteiger partial charge in [-0.1, -0.05) is 18.7 Å². The summed E-state index contributed by atoms with van der Waals surface area (Å²) in [6, 6.07) is 7.96. The normalized spacial score (nSPS) is 10.8. The molecule has 1 heterocycles. The van der Waals surface area contributed by atoms with Gasteiger partial charge in [-0.05, 0) is 29.3 Å². The number of quaternary nitrogens is 1.